The second-order valence-electron chi connectivity index (χ2n) is 7.26. The molecular weight excluding hydrogens is 466 g/mol. The predicted molar refractivity (Wildman–Crippen MR) is 128 cm³/mol. The highest BCUT2D eigenvalue weighted by Crippen LogP contribution is 2.26. The average Bonchev–Trinajstić information content (AvgIpc) is 3.28. The molecule has 33 heavy (non-hydrogen) atoms. The minimum absolute atomic E-state index is 0.183. The molecule has 0 bridgehead atoms. The number of carbonyl (C=O) groups is 2. The van der Waals surface area contributed by atoms with Crippen LogP contribution in [-0.4, -0.2) is 32.5 Å². The summed E-state index contributed by atoms with van der Waals surface area (Å²) >= 11 is 6.05. The maximum atomic E-state index is 13.2. The van der Waals surface area contributed by atoms with Crippen molar-refractivity contribution in [1.82, 2.24) is 5.32 Å². The standard InChI is InChI=1S/C23H24ClN3O5S/c1-3-21(27(33(2,30)31)17-9-6-8-16(24)14-17)23(29)26-20-12-5-4-11-19(20)22(28)25-15-18-10-7-13-32-18/h4-14,21H,3,15H2,1-2H3,(H,25,28)(H,26,29)/t21-/m0/s1. The summed E-state index contributed by atoms with van der Waals surface area (Å²) in [6, 6.07) is 15.2. The number of para-hydroxylation sites is 1. The van der Waals surface area contributed by atoms with E-state index in [0.29, 0.717) is 10.8 Å². The first kappa shape index (κ1) is 24.3. The largest absolute Gasteiger partial charge is 0.467 e. The number of furan rings is 1. The zero-order valence-electron chi connectivity index (χ0n) is 18.1. The van der Waals surface area contributed by atoms with Crippen LogP contribution in [0.25, 0.3) is 0 Å². The van der Waals surface area contributed by atoms with Gasteiger partial charge in [0.05, 0.1) is 36.0 Å². The molecule has 1 atom stereocenters. The second-order valence-corrected chi connectivity index (χ2v) is 9.56. The van der Waals surface area contributed by atoms with Gasteiger partial charge in [-0.05, 0) is 48.9 Å². The average molecular weight is 490 g/mol. The first-order chi connectivity index (χ1) is 15.7. The van der Waals surface area contributed by atoms with Crippen LogP contribution in [0.15, 0.2) is 71.3 Å². The zero-order chi connectivity index (χ0) is 24.0. The van der Waals surface area contributed by atoms with Gasteiger partial charge in [0.15, 0.2) is 0 Å². The van der Waals surface area contributed by atoms with E-state index in [9.17, 15) is 18.0 Å². The molecule has 2 N–H and O–H groups in total. The molecule has 0 spiro atoms. The normalized spacial score (nSPS) is 12.1. The lowest BCUT2D eigenvalue weighted by Crippen LogP contribution is -2.47. The molecule has 0 fully saturated rings. The number of benzene rings is 2. The van der Waals surface area contributed by atoms with Crippen LogP contribution in [0.3, 0.4) is 0 Å². The highest BCUT2D eigenvalue weighted by molar-refractivity contribution is 7.92. The van der Waals surface area contributed by atoms with E-state index in [4.69, 9.17) is 16.0 Å². The van der Waals surface area contributed by atoms with Crippen molar-refractivity contribution in [2.45, 2.75) is 25.9 Å². The van der Waals surface area contributed by atoms with Gasteiger partial charge in [0.2, 0.25) is 15.9 Å². The van der Waals surface area contributed by atoms with Gasteiger partial charge in [-0.2, -0.15) is 0 Å². The number of sulfonamides is 1. The lowest BCUT2D eigenvalue weighted by atomic mass is 10.1. The fourth-order valence-corrected chi connectivity index (χ4v) is 4.74. The number of rotatable bonds is 9. The summed E-state index contributed by atoms with van der Waals surface area (Å²) in [5, 5.41) is 5.79. The van der Waals surface area contributed by atoms with Gasteiger partial charge in [0.25, 0.3) is 5.91 Å². The Labute approximate surface area is 197 Å². The van der Waals surface area contributed by atoms with Gasteiger partial charge < -0.3 is 15.1 Å². The number of halogens is 1. The van der Waals surface area contributed by atoms with Crippen molar-refractivity contribution in [2.24, 2.45) is 0 Å². The van der Waals surface area contributed by atoms with E-state index < -0.39 is 27.9 Å². The zero-order valence-corrected chi connectivity index (χ0v) is 19.7. The highest BCUT2D eigenvalue weighted by Gasteiger charge is 2.32. The lowest BCUT2D eigenvalue weighted by molar-refractivity contribution is -0.117. The van der Waals surface area contributed by atoms with Gasteiger partial charge >= 0.3 is 0 Å². The van der Waals surface area contributed by atoms with Crippen molar-refractivity contribution in [2.75, 3.05) is 15.9 Å². The van der Waals surface area contributed by atoms with Crippen LogP contribution in [0.5, 0.6) is 0 Å². The maximum Gasteiger partial charge on any atom is 0.253 e. The topological polar surface area (TPSA) is 109 Å². The monoisotopic (exact) mass is 489 g/mol. The Bertz CT molecular complexity index is 1230. The summed E-state index contributed by atoms with van der Waals surface area (Å²) < 4.78 is 31.5. The smallest absolute Gasteiger partial charge is 0.253 e. The van der Waals surface area contributed by atoms with Crippen LogP contribution in [-0.2, 0) is 21.4 Å². The number of nitrogens with one attached hydrogen (secondary N) is 2. The first-order valence-corrected chi connectivity index (χ1v) is 12.4. The summed E-state index contributed by atoms with van der Waals surface area (Å²) in [5.74, 6) is -0.402. The molecule has 2 amide bonds. The Morgan fingerprint density at radius 2 is 1.85 bits per heavy atom. The van der Waals surface area contributed by atoms with E-state index in [1.54, 1.807) is 61.5 Å². The molecule has 8 nitrogen and oxygen atoms in total. The SMILES string of the molecule is CC[C@@H](C(=O)Nc1ccccc1C(=O)NCc1ccco1)N(c1cccc(Cl)c1)S(C)(=O)=O. The number of amides is 2. The molecule has 174 valence electrons. The lowest BCUT2D eigenvalue weighted by Gasteiger charge is -2.30. The molecule has 1 heterocycles. The van der Waals surface area contributed by atoms with Gasteiger partial charge in [-0.25, -0.2) is 8.42 Å². The minimum Gasteiger partial charge on any atom is -0.467 e. The summed E-state index contributed by atoms with van der Waals surface area (Å²) in [7, 11) is -3.82. The highest BCUT2D eigenvalue weighted by atomic mass is 35.5. The van der Waals surface area contributed by atoms with E-state index in [1.165, 1.54) is 12.3 Å². The Balaban J connectivity index is 1.85. The van der Waals surface area contributed by atoms with E-state index >= 15 is 0 Å². The number of nitrogens with zero attached hydrogens (tertiary/aromatic N) is 1. The van der Waals surface area contributed by atoms with Crippen LogP contribution in [0.2, 0.25) is 5.02 Å². The predicted octanol–water partition coefficient (Wildman–Crippen LogP) is 4.05. The second kappa shape index (κ2) is 10.5. The third kappa shape index (κ3) is 6.15. The number of carbonyl (C=O) groups excluding carboxylic acids is 2. The van der Waals surface area contributed by atoms with E-state index in [1.807, 2.05) is 0 Å². The van der Waals surface area contributed by atoms with Crippen LogP contribution in [0, 0.1) is 0 Å². The molecule has 0 saturated carbocycles. The summed E-state index contributed by atoms with van der Waals surface area (Å²) in [4.78, 5) is 25.9. The van der Waals surface area contributed by atoms with Crippen molar-refractivity contribution in [3.8, 4) is 0 Å². The Kier molecular flexibility index (Phi) is 7.78. The van der Waals surface area contributed by atoms with Crippen LogP contribution >= 0.6 is 11.6 Å². The molecule has 0 unspecified atom stereocenters. The Morgan fingerprint density at radius 3 is 2.48 bits per heavy atom. The molecule has 0 aliphatic rings. The molecule has 1 aromatic heterocycles. The van der Waals surface area contributed by atoms with Crippen molar-refractivity contribution in [1.29, 1.82) is 0 Å². The molecule has 0 aliphatic carbocycles. The molecule has 0 saturated heterocycles. The van der Waals surface area contributed by atoms with Gasteiger partial charge in [-0.1, -0.05) is 36.7 Å². The van der Waals surface area contributed by atoms with Crippen LogP contribution in [0.1, 0.15) is 29.5 Å². The third-order valence-corrected chi connectivity index (χ3v) is 6.24. The fraction of sp³-hybridized carbons (Fsp3) is 0.217. The van der Waals surface area contributed by atoms with Crippen molar-refractivity contribution in [3.63, 3.8) is 0 Å². The maximum absolute atomic E-state index is 13.2. The van der Waals surface area contributed by atoms with Gasteiger partial charge in [0, 0.05) is 5.02 Å². The van der Waals surface area contributed by atoms with Crippen molar-refractivity contribution in [3.05, 3.63) is 83.3 Å². The Morgan fingerprint density at radius 1 is 1.09 bits per heavy atom. The molecule has 10 heteroatoms. The molecule has 3 aromatic rings. The quantitative estimate of drug-likeness (QED) is 0.471. The number of anilines is 2. The van der Waals surface area contributed by atoms with E-state index in [2.05, 4.69) is 10.6 Å². The molecule has 2 aromatic carbocycles. The van der Waals surface area contributed by atoms with E-state index in [-0.39, 0.29) is 29.9 Å². The van der Waals surface area contributed by atoms with Crippen molar-refractivity contribution >= 4 is 44.8 Å². The first-order valence-electron chi connectivity index (χ1n) is 10.2. The third-order valence-electron chi connectivity index (χ3n) is 4.83. The Hall–Kier alpha value is -3.30. The van der Waals surface area contributed by atoms with E-state index in [0.717, 1.165) is 10.6 Å². The molecule has 0 radical (unpaired) electrons. The van der Waals surface area contributed by atoms with Crippen molar-refractivity contribution < 1.29 is 22.4 Å². The van der Waals surface area contributed by atoms with Gasteiger partial charge in [0.1, 0.15) is 11.8 Å². The molecule has 0 aliphatic heterocycles. The number of hydrogen-bond acceptors (Lipinski definition) is 5. The number of hydrogen-bond donors (Lipinski definition) is 2. The van der Waals surface area contributed by atoms with Gasteiger partial charge in [-0.3, -0.25) is 13.9 Å². The molecular formula is C23H24ClN3O5S. The summed E-state index contributed by atoms with van der Waals surface area (Å²) in [6.45, 7) is 1.89. The van der Waals surface area contributed by atoms with Crippen LogP contribution in [0.4, 0.5) is 11.4 Å². The van der Waals surface area contributed by atoms with Crippen LogP contribution < -0.4 is 14.9 Å². The fourth-order valence-electron chi connectivity index (χ4n) is 3.36. The van der Waals surface area contributed by atoms with Gasteiger partial charge in [-0.15, -0.1) is 0 Å². The minimum atomic E-state index is -3.82. The summed E-state index contributed by atoms with van der Waals surface area (Å²) in [5.41, 5.74) is 0.773. The summed E-state index contributed by atoms with van der Waals surface area (Å²) in [6.07, 6.45) is 2.73. The molecule has 3 rings (SSSR count).